The zero-order chi connectivity index (χ0) is 14.0. The topological polar surface area (TPSA) is 27.1 Å². The van der Waals surface area contributed by atoms with Crippen LogP contribution in [-0.2, 0) is 4.74 Å². The fourth-order valence-electron chi connectivity index (χ4n) is 2.38. The molecule has 19 heavy (non-hydrogen) atoms. The molecule has 0 spiro atoms. The summed E-state index contributed by atoms with van der Waals surface area (Å²) in [6, 6.07) is 6.46. The number of para-hydroxylation sites is 1. The summed E-state index contributed by atoms with van der Waals surface area (Å²) in [7, 11) is 0. The van der Waals surface area contributed by atoms with Crippen LogP contribution >= 0.6 is 11.6 Å². The second-order valence-electron chi connectivity index (χ2n) is 4.91. The molecule has 2 atom stereocenters. The van der Waals surface area contributed by atoms with Gasteiger partial charge in [-0.3, -0.25) is 0 Å². The summed E-state index contributed by atoms with van der Waals surface area (Å²) in [5, 5.41) is -0.115. The summed E-state index contributed by atoms with van der Waals surface area (Å²) in [6.45, 7) is 9.59. The first-order chi connectivity index (χ1) is 9.06. The highest BCUT2D eigenvalue weighted by atomic mass is 35.5. The molecule has 0 aliphatic rings. The molecule has 1 aromatic heterocycles. The number of ether oxygens (including phenoxy) is 1. The fourth-order valence-corrected chi connectivity index (χ4v) is 2.54. The summed E-state index contributed by atoms with van der Waals surface area (Å²) in [5.74, 6) is 0.915. The number of halogens is 1. The number of rotatable bonds is 5. The summed E-state index contributed by atoms with van der Waals surface area (Å²) < 4.78 is 7.75. The molecular weight excluding hydrogens is 260 g/mol. The average Bonchev–Trinajstić information content (AvgIpc) is 2.77. The number of aryl methyl sites for hydroxylation is 1. The number of imidazole rings is 1. The Labute approximate surface area is 119 Å². The van der Waals surface area contributed by atoms with Gasteiger partial charge in [0.1, 0.15) is 5.82 Å². The molecule has 104 valence electrons. The summed E-state index contributed by atoms with van der Waals surface area (Å²) in [4.78, 5) is 4.72. The van der Waals surface area contributed by atoms with E-state index in [1.807, 2.05) is 13.8 Å². The van der Waals surface area contributed by atoms with E-state index in [1.54, 1.807) is 0 Å². The maximum Gasteiger partial charge on any atom is 0.128 e. The highest BCUT2D eigenvalue weighted by Gasteiger charge is 2.19. The number of nitrogens with zero attached hydrogens (tertiary/aromatic N) is 2. The Morgan fingerprint density at radius 2 is 2.11 bits per heavy atom. The van der Waals surface area contributed by atoms with E-state index in [9.17, 15) is 0 Å². The van der Waals surface area contributed by atoms with Gasteiger partial charge in [-0.15, -0.1) is 11.6 Å². The smallest absolute Gasteiger partial charge is 0.128 e. The van der Waals surface area contributed by atoms with E-state index >= 15 is 0 Å². The molecule has 1 aromatic carbocycles. The Bertz CT molecular complexity index is 563. The monoisotopic (exact) mass is 280 g/mol. The van der Waals surface area contributed by atoms with Crippen LogP contribution in [0.15, 0.2) is 18.2 Å². The molecule has 1 heterocycles. The van der Waals surface area contributed by atoms with Gasteiger partial charge < -0.3 is 9.30 Å². The van der Waals surface area contributed by atoms with Crippen LogP contribution in [0.1, 0.15) is 43.6 Å². The van der Waals surface area contributed by atoms with Crippen molar-refractivity contribution in [2.45, 2.75) is 39.1 Å². The number of alkyl halides is 1. The number of hydrogen-bond donors (Lipinski definition) is 0. The van der Waals surface area contributed by atoms with Crippen LogP contribution < -0.4 is 0 Å². The van der Waals surface area contributed by atoms with Gasteiger partial charge in [0.2, 0.25) is 0 Å². The predicted molar refractivity (Wildman–Crippen MR) is 79.9 cm³/mol. The highest BCUT2D eigenvalue weighted by molar-refractivity contribution is 6.20. The van der Waals surface area contributed by atoms with E-state index in [4.69, 9.17) is 21.3 Å². The van der Waals surface area contributed by atoms with Gasteiger partial charge in [-0.05, 0) is 39.3 Å². The Balaban J connectivity index is 2.55. The van der Waals surface area contributed by atoms with Gasteiger partial charge in [0.15, 0.2) is 0 Å². The number of hydrogen-bond acceptors (Lipinski definition) is 2. The zero-order valence-corrected chi connectivity index (χ0v) is 12.7. The first kappa shape index (κ1) is 14.4. The van der Waals surface area contributed by atoms with Crippen molar-refractivity contribution < 1.29 is 4.74 Å². The van der Waals surface area contributed by atoms with Crippen LogP contribution in [-0.4, -0.2) is 22.8 Å². The number of fused-ring (bicyclic) bond motifs is 1. The average molecular weight is 281 g/mol. The lowest BCUT2D eigenvalue weighted by Gasteiger charge is -2.18. The second kappa shape index (κ2) is 5.93. The van der Waals surface area contributed by atoms with Crippen molar-refractivity contribution >= 4 is 22.6 Å². The van der Waals surface area contributed by atoms with Crippen LogP contribution in [0.25, 0.3) is 11.0 Å². The standard InChI is InChI=1S/C15H21ClN2O/c1-5-19-9-11(3)18-13-8-6-7-10(2)14(13)17-15(18)12(4)16/h6-8,11-12H,5,9H2,1-4H3. The first-order valence-electron chi connectivity index (χ1n) is 6.75. The molecule has 0 saturated heterocycles. The highest BCUT2D eigenvalue weighted by Crippen LogP contribution is 2.29. The molecule has 2 unspecified atom stereocenters. The van der Waals surface area contributed by atoms with Crippen LogP contribution in [0.2, 0.25) is 0 Å². The molecule has 3 nitrogen and oxygen atoms in total. The van der Waals surface area contributed by atoms with Crippen LogP contribution in [0.4, 0.5) is 0 Å². The Morgan fingerprint density at radius 1 is 1.37 bits per heavy atom. The maximum atomic E-state index is 6.29. The molecule has 0 N–H and O–H groups in total. The van der Waals surface area contributed by atoms with Crippen LogP contribution in [0.3, 0.4) is 0 Å². The van der Waals surface area contributed by atoms with Gasteiger partial charge in [-0.25, -0.2) is 4.98 Å². The van der Waals surface area contributed by atoms with Crippen molar-refractivity contribution in [2.24, 2.45) is 0 Å². The second-order valence-corrected chi connectivity index (χ2v) is 5.56. The van der Waals surface area contributed by atoms with Crippen molar-refractivity contribution in [3.63, 3.8) is 0 Å². The maximum absolute atomic E-state index is 6.29. The molecule has 4 heteroatoms. The molecule has 0 amide bonds. The molecule has 0 aliphatic heterocycles. The molecule has 2 aromatic rings. The normalized spacial score (nSPS) is 14.8. The van der Waals surface area contributed by atoms with Crippen LogP contribution in [0, 0.1) is 6.92 Å². The first-order valence-corrected chi connectivity index (χ1v) is 7.19. The lowest BCUT2D eigenvalue weighted by Crippen LogP contribution is -2.15. The van der Waals surface area contributed by atoms with E-state index in [-0.39, 0.29) is 11.4 Å². The minimum absolute atomic E-state index is 0.115. The molecule has 0 aliphatic carbocycles. The summed E-state index contributed by atoms with van der Waals surface area (Å²) in [6.07, 6.45) is 0. The zero-order valence-electron chi connectivity index (χ0n) is 12.0. The van der Waals surface area contributed by atoms with Gasteiger partial charge >= 0.3 is 0 Å². The van der Waals surface area contributed by atoms with Gasteiger partial charge in [-0.1, -0.05) is 12.1 Å². The Kier molecular flexibility index (Phi) is 4.48. The minimum Gasteiger partial charge on any atom is -0.380 e. The minimum atomic E-state index is -0.115. The van der Waals surface area contributed by atoms with Gasteiger partial charge in [0, 0.05) is 6.61 Å². The summed E-state index contributed by atoms with van der Waals surface area (Å²) >= 11 is 6.29. The van der Waals surface area contributed by atoms with Crippen molar-refractivity contribution in [3.05, 3.63) is 29.6 Å². The van der Waals surface area contributed by atoms with E-state index < -0.39 is 0 Å². The van der Waals surface area contributed by atoms with Crippen molar-refractivity contribution in [1.29, 1.82) is 0 Å². The van der Waals surface area contributed by atoms with Crippen molar-refractivity contribution in [1.82, 2.24) is 9.55 Å². The Morgan fingerprint density at radius 3 is 2.74 bits per heavy atom. The number of benzene rings is 1. The molecule has 0 bridgehead atoms. The summed E-state index contributed by atoms with van der Waals surface area (Å²) in [5.41, 5.74) is 3.35. The third-order valence-corrected chi connectivity index (χ3v) is 3.50. The van der Waals surface area contributed by atoms with E-state index in [2.05, 4.69) is 36.6 Å². The Hall–Kier alpha value is -1.06. The number of aromatic nitrogens is 2. The van der Waals surface area contributed by atoms with E-state index in [0.717, 1.165) is 23.5 Å². The molecule has 2 rings (SSSR count). The molecule has 0 fully saturated rings. The SMILES string of the molecule is CCOCC(C)n1c(C(C)Cl)nc2c(C)cccc21. The van der Waals surface area contributed by atoms with Crippen molar-refractivity contribution in [3.8, 4) is 0 Å². The fraction of sp³-hybridized carbons (Fsp3) is 0.533. The third kappa shape index (κ3) is 2.77. The molecular formula is C15H21ClN2O. The van der Waals surface area contributed by atoms with Gasteiger partial charge in [-0.2, -0.15) is 0 Å². The molecule has 0 radical (unpaired) electrons. The molecule has 0 saturated carbocycles. The predicted octanol–water partition coefficient (Wildman–Crippen LogP) is 4.24. The van der Waals surface area contributed by atoms with E-state index in [1.165, 1.54) is 5.56 Å². The third-order valence-electron chi connectivity index (χ3n) is 3.31. The van der Waals surface area contributed by atoms with Crippen LogP contribution in [0.5, 0.6) is 0 Å². The lowest BCUT2D eigenvalue weighted by atomic mass is 10.2. The quantitative estimate of drug-likeness (QED) is 0.766. The van der Waals surface area contributed by atoms with Gasteiger partial charge in [0.25, 0.3) is 0 Å². The van der Waals surface area contributed by atoms with Crippen molar-refractivity contribution in [2.75, 3.05) is 13.2 Å². The lowest BCUT2D eigenvalue weighted by molar-refractivity contribution is 0.119. The largest absolute Gasteiger partial charge is 0.380 e. The van der Waals surface area contributed by atoms with Gasteiger partial charge in [0.05, 0.1) is 29.1 Å². The van der Waals surface area contributed by atoms with E-state index in [0.29, 0.717) is 6.61 Å².